The van der Waals surface area contributed by atoms with E-state index < -0.39 is 15.2 Å². The zero-order valence-corrected chi connectivity index (χ0v) is 10.1. The molecule has 0 unspecified atom stereocenters. The molecule has 0 saturated heterocycles. The van der Waals surface area contributed by atoms with E-state index in [4.69, 9.17) is 16.9 Å². The smallest absolute Gasteiger partial charge is 0.211 e. The Bertz CT molecular complexity index is 467. The predicted molar refractivity (Wildman–Crippen MR) is 62.1 cm³/mol. The third-order valence-corrected chi connectivity index (χ3v) is 4.13. The van der Waals surface area contributed by atoms with Gasteiger partial charge in [-0.2, -0.15) is 9.57 Å². The van der Waals surface area contributed by atoms with Crippen molar-refractivity contribution in [2.75, 3.05) is 11.8 Å². The number of nitrogens with zero attached hydrogens (tertiary/aromatic N) is 2. The van der Waals surface area contributed by atoms with E-state index in [-0.39, 0.29) is 13.1 Å². The van der Waals surface area contributed by atoms with E-state index in [1.165, 1.54) is 0 Å². The van der Waals surface area contributed by atoms with E-state index in [9.17, 15) is 8.42 Å². The van der Waals surface area contributed by atoms with Crippen LogP contribution in [0.3, 0.4) is 0 Å². The number of alkyl halides is 1. The third kappa shape index (κ3) is 3.49. The molecule has 86 valence electrons. The summed E-state index contributed by atoms with van der Waals surface area (Å²) in [4.78, 5) is 0. The second kappa shape index (κ2) is 5.85. The Kier molecular flexibility index (Phi) is 4.74. The zero-order chi connectivity index (χ0) is 12.0. The second-order valence-corrected chi connectivity index (χ2v) is 5.69. The maximum absolute atomic E-state index is 11.5. The molecular weight excluding hydrogens is 248 g/mol. The van der Waals surface area contributed by atoms with Gasteiger partial charge in [0.2, 0.25) is 10.0 Å². The van der Waals surface area contributed by atoms with E-state index in [1.807, 2.05) is 24.3 Å². The minimum Gasteiger partial charge on any atom is -0.211 e. The van der Waals surface area contributed by atoms with Gasteiger partial charge in [-0.25, -0.2) is 8.42 Å². The second-order valence-electron chi connectivity index (χ2n) is 3.13. The summed E-state index contributed by atoms with van der Waals surface area (Å²) in [5.74, 6) is 0. The maximum atomic E-state index is 11.5. The van der Waals surface area contributed by atoms with Gasteiger partial charge in [0.25, 0.3) is 0 Å². The molecule has 0 aliphatic heterocycles. The average Bonchev–Trinajstić information content (AvgIpc) is 2.30. The fourth-order valence-electron chi connectivity index (χ4n) is 1.19. The molecule has 0 amide bonds. The molecule has 0 bridgehead atoms. The average molecular weight is 259 g/mol. The molecule has 0 N–H and O–H groups in total. The Hall–Kier alpha value is -1.09. The monoisotopic (exact) mass is 258 g/mol. The Labute approximate surface area is 100 Å². The maximum Gasteiger partial charge on any atom is 0.229 e. The first-order chi connectivity index (χ1) is 7.60. The zero-order valence-electron chi connectivity index (χ0n) is 8.51. The van der Waals surface area contributed by atoms with Gasteiger partial charge in [-0.15, -0.1) is 11.6 Å². The van der Waals surface area contributed by atoms with E-state index in [0.717, 1.165) is 9.87 Å². The lowest BCUT2D eigenvalue weighted by atomic mass is 10.2. The highest BCUT2D eigenvalue weighted by Crippen LogP contribution is 2.10. The quantitative estimate of drug-likeness (QED) is 0.595. The molecule has 0 radical (unpaired) electrons. The molecular formula is C10H11ClN2O2S. The number of hydrogen-bond donors (Lipinski definition) is 0. The summed E-state index contributed by atoms with van der Waals surface area (Å²) in [7, 11) is -3.54. The van der Waals surface area contributed by atoms with Crippen LogP contribution in [0.4, 0.5) is 0 Å². The van der Waals surface area contributed by atoms with Gasteiger partial charge in [0.05, 0.1) is 6.07 Å². The molecule has 0 heterocycles. The van der Waals surface area contributed by atoms with E-state index in [0.29, 0.717) is 0 Å². The van der Waals surface area contributed by atoms with Crippen LogP contribution < -0.4 is 0 Å². The lowest BCUT2D eigenvalue weighted by Gasteiger charge is -2.17. The van der Waals surface area contributed by atoms with E-state index in [1.54, 1.807) is 12.1 Å². The standard InChI is InChI=1S/C10H11ClN2O2S/c11-9-16(14,15)13(7-6-12)8-10-4-2-1-3-5-10/h1-5H,7-9H2. The van der Waals surface area contributed by atoms with Crippen molar-refractivity contribution < 1.29 is 8.42 Å². The number of benzene rings is 1. The highest BCUT2D eigenvalue weighted by molar-refractivity contribution is 7.90. The van der Waals surface area contributed by atoms with E-state index in [2.05, 4.69) is 0 Å². The van der Waals surface area contributed by atoms with Gasteiger partial charge in [0, 0.05) is 6.54 Å². The molecule has 0 aromatic heterocycles. The van der Waals surface area contributed by atoms with Crippen molar-refractivity contribution in [2.45, 2.75) is 6.54 Å². The Morgan fingerprint density at radius 3 is 2.44 bits per heavy atom. The lowest BCUT2D eigenvalue weighted by Crippen LogP contribution is -2.31. The molecule has 0 fully saturated rings. The fraction of sp³-hybridized carbons (Fsp3) is 0.300. The van der Waals surface area contributed by atoms with Crippen LogP contribution in [0.1, 0.15) is 5.56 Å². The van der Waals surface area contributed by atoms with Crippen LogP contribution in [0.15, 0.2) is 30.3 Å². The molecule has 1 rings (SSSR count). The van der Waals surface area contributed by atoms with Gasteiger partial charge in [0.15, 0.2) is 0 Å². The summed E-state index contributed by atoms with van der Waals surface area (Å²) in [6.07, 6.45) is 0. The summed E-state index contributed by atoms with van der Waals surface area (Å²) < 4.78 is 24.1. The van der Waals surface area contributed by atoms with Crippen molar-refractivity contribution in [3.63, 3.8) is 0 Å². The Balaban J connectivity index is 2.86. The number of halogens is 1. The lowest BCUT2D eigenvalue weighted by molar-refractivity contribution is 0.445. The molecule has 1 aromatic rings. The van der Waals surface area contributed by atoms with E-state index >= 15 is 0 Å². The number of nitriles is 1. The first-order valence-electron chi connectivity index (χ1n) is 4.55. The van der Waals surface area contributed by atoms with Crippen LogP contribution >= 0.6 is 11.6 Å². The van der Waals surface area contributed by atoms with Crippen LogP contribution in [0, 0.1) is 11.3 Å². The van der Waals surface area contributed by atoms with Crippen molar-refractivity contribution in [3.8, 4) is 6.07 Å². The van der Waals surface area contributed by atoms with Crippen LogP contribution in [-0.4, -0.2) is 24.5 Å². The highest BCUT2D eigenvalue weighted by atomic mass is 35.5. The molecule has 0 aliphatic carbocycles. The van der Waals surface area contributed by atoms with Crippen molar-refractivity contribution in [2.24, 2.45) is 0 Å². The molecule has 0 aliphatic rings. The Morgan fingerprint density at radius 2 is 1.94 bits per heavy atom. The van der Waals surface area contributed by atoms with Crippen molar-refractivity contribution in [3.05, 3.63) is 35.9 Å². The number of hydrogen-bond acceptors (Lipinski definition) is 3. The van der Waals surface area contributed by atoms with Gasteiger partial charge in [-0.3, -0.25) is 0 Å². The molecule has 16 heavy (non-hydrogen) atoms. The van der Waals surface area contributed by atoms with Crippen molar-refractivity contribution in [1.29, 1.82) is 5.26 Å². The normalized spacial score (nSPS) is 11.3. The van der Waals surface area contributed by atoms with Gasteiger partial charge in [0.1, 0.15) is 11.8 Å². The number of sulfonamides is 1. The fourth-order valence-corrected chi connectivity index (χ4v) is 2.34. The van der Waals surface area contributed by atoms with Crippen LogP contribution in [0.2, 0.25) is 0 Å². The van der Waals surface area contributed by atoms with Crippen LogP contribution in [-0.2, 0) is 16.6 Å². The third-order valence-electron chi connectivity index (χ3n) is 1.98. The van der Waals surface area contributed by atoms with Crippen molar-refractivity contribution >= 4 is 21.6 Å². The SMILES string of the molecule is N#CCN(Cc1ccccc1)S(=O)(=O)CCl. The highest BCUT2D eigenvalue weighted by Gasteiger charge is 2.20. The largest absolute Gasteiger partial charge is 0.229 e. The van der Waals surface area contributed by atoms with Crippen LogP contribution in [0.25, 0.3) is 0 Å². The molecule has 0 atom stereocenters. The number of rotatable bonds is 5. The summed E-state index contributed by atoms with van der Waals surface area (Å²) in [5, 5.41) is 8.06. The van der Waals surface area contributed by atoms with Gasteiger partial charge >= 0.3 is 0 Å². The first-order valence-corrected chi connectivity index (χ1v) is 6.69. The molecule has 4 nitrogen and oxygen atoms in total. The first kappa shape index (κ1) is 13.0. The topological polar surface area (TPSA) is 61.2 Å². The summed E-state index contributed by atoms with van der Waals surface area (Å²) in [6, 6.07) is 10.9. The minimum absolute atomic E-state index is 0.170. The molecule has 0 saturated carbocycles. The summed E-state index contributed by atoms with van der Waals surface area (Å²) in [6.45, 7) is -0.0204. The van der Waals surface area contributed by atoms with Crippen LogP contribution in [0.5, 0.6) is 0 Å². The van der Waals surface area contributed by atoms with Gasteiger partial charge < -0.3 is 0 Å². The molecule has 0 spiro atoms. The predicted octanol–water partition coefficient (Wildman–Crippen LogP) is 1.54. The van der Waals surface area contributed by atoms with Gasteiger partial charge in [-0.05, 0) is 5.56 Å². The molecule has 1 aromatic carbocycles. The minimum atomic E-state index is -3.54. The van der Waals surface area contributed by atoms with Crippen molar-refractivity contribution in [1.82, 2.24) is 4.31 Å². The summed E-state index contributed by atoms with van der Waals surface area (Å²) in [5.41, 5.74) is 0.825. The summed E-state index contributed by atoms with van der Waals surface area (Å²) >= 11 is 5.35. The van der Waals surface area contributed by atoms with Gasteiger partial charge in [-0.1, -0.05) is 30.3 Å². The Morgan fingerprint density at radius 1 is 1.31 bits per heavy atom. The molecule has 6 heteroatoms.